The molecule has 0 aliphatic carbocycles. The number of aromatic nitrogens is 3. The third kappa shape index (κ3) is 3.77. The third-order valence-electron chi connectivity index (χ3n) is 4.67. The number of H-pyrrole nitrogens is 1. The SMILES string of the molecule is O=C(Cc1ccc(Cl)c(Cl)c1)N1CCN(c2ncnc3[nH]cc(Br)c23)CC1. The molecule has 1 aliphatic heterocycles. The predicted octanol–water partition coefficient (Wildman–Crippen LogP) is 3.92. The maximum absolute atomic E-state index is 12.6. The highest BCUT2D eigenvalue weighted by molar-refractivity contribution is 9.10. The summed E-state index contributed by atoms with van der Waals surface area (Å²) in [4.78, 5) is 28.5. The summed E-state index contributed by atoms with van der Waals surface area (Å²) in [6.07, 6.45) is 3.74. The smallest absolute Gasteiger partial charge is 0.227 e. The maximum atomic E-state index is 12.6. The van der Waals surface area contributed by atoms with Crippen LogP contribution >= 0.6 is 39.1 Å². The van der Waals surface area contributed by atoms with Crippen molar-refractivity contribution >= 4 is 61.9 Å². The van der Waals surface area contributed by atoms with Crippen LogP contribution in [0.15, 0.2) is 35.2 Å². The summed E-state index contributed by atoms with van der Waals surface area (Å²) in [5.41, 5.74) is 1.66. The lowest BCUT2D eigenvalue weighted by Crippen LogP contribution is -2.49. The van der Waals surface area contributed by atoms with Crippen LogP contribution in [0.2, 0.25) is 10.0 Å². The Hall–Kier alpha value is -1.83. The van der Waals surface area contributed by atoms with Crippen LogP contribution in [0.1, 0.15) is 5.56 Å². The Labute approximate surface area is 174 Å². The molecule has 0 unspecified atom stereocenters. The summed E-state index contributed by atoms with van der Waals surface area (Å²) in [5, 5.41) is 1.93. The van der Waals surface area contributed by atoms with Crippen LogP contribution in [0.3, 0.4) is 0 Å². The lowest BCUT2D eigenvalue weighted by atomic mass is 10.1. The fourth-order valence-electron chi connectivity index (χ4n) is 3.25. The number of nitrogens with one attached hydrogen (secondary N) is 1. The van der Waals surface area contributed by atoms with Gasteiger partial charge in [0.1, 0.15) is 17.8 Å². The minimum absolute atomic E-state index is 0.0868. The molecule has 1 amide bonds. The van der Waals surface area contributed by atoms with Crippen LogP contribution in [0, 0.1) is 0 Å². The van der Waals surface area contributed by atoms with Gasteiger partial charge in [0.15, 0.2) is 0 Å². The first-order valence-electron chi connectivity index (χ1n) is 8.47. The lowest BCUT2D eigenvalue weighted by molar-refractivity contribution is -0.130. The van der Waals surface area contributed by atoms with Crippen molar-refractivity contribution < 1.29 is 4.79 Å². The molecule has 9 heteroatoms. The Kier molecular flexibility index (Phi) is 5.25. The summed E-state index contributed by atoms with van der Waals surface area (Å²) in [5.74, 6) is 0.966. The summed E-state index contributed by atoms with van der Waals surface area (Å²) >= 11 is 15.5. The number of carbonyl (C=O) groups excluding carboxylic acids is 1. The van der Waals surface area contributed by atoms with Gasteiger partial charge in [0.05, 0.1) is 21.9 Å². The number of amides is 1. The van der Waals surface area contributed by atoms with Gasteiger partial charge in [0, 0.05) is 36.8 Å². The Bertz CT molecular complexity index is 1000. The molecule has 1 aliphatic rings. The zero-order valence-corrected chi connectivity index (χ0v) is 17.4. The summed E-state index contributed by atoms with van der Waals surface area (Å²) in [6, 6.07) is 5.31. The first-order valence-corrected chi connectivity index (χ1v) is 10.0. The lowest BCUT2D eigenvalue weighted by Gasteiger charge is -2.35. The molecule has 1 saturated heterocycles. The number of rotatable bonds is 3. The van der Waals surface area contributed by atoms with E-state index in [-0.39, 0.29) is 5.91 Å². The van der Waals surface area contributed by atoms with E-state index in [1.807, 2.05) is 17.2 Å². The Balaban J connectivity index is 1.43. The van der Waals surface area contributed by atoms with Crippen molar-refractivity contribution in [3.63, 3.8) is 0 Å². The number of aromatic amines is 1. The van der Waals surface area contributed by atoms with Gasteiger partial charge in [0.25, 0.3) is 0 Å². The number of fused-ring (bicyclic) bond motifs is 1. The number of benzene rings is 1. The van der Waals surface area contributed by atoms with E-state index in [1.165, 1.54) is 0 Å². The highest BCUT2D eigenvalue weighted by atomic mass is 79.9. The molecule has 3 aromatic rings. The van der Waals surface area contributed by atoms with Crippen molar-refractivity contribution in [2.24, 2.45) is 0 Å². The van der Waals surface area contributed by atoms with E-state index in [2.05, 4.69) is 35.8 Å². The largest absolute Gasteiger partial charge is 0.352 e. The molecule has 0 radical (unpaired) electrons. The normalized spacial score (nSPS) is 14.8. The predicted molar refractivity (Wildman–Crippen MR) is 111 cm³/mol. The van der Waals surface area contributed by atoms with Crippen LogP contribution < -0.4 is 4.90 Å². The third-order valence-corrected chi connectivity index (χ3v) is 6.04. The van der Waals surface area contributed by atoms with Gasteiger partial charge in [-0.3, -0.25) is 4.79 Å². The molecular weight excluding hydrogens is 453 g/mol. The average molecular weight is 469 g/mol. The second kappa shape index (κ2) is 7.66. The van der Waals surface area contributed by atoms with Crippen LogP contribution in [0.25, 0.3) is 11.0 Å². The van der Waals surface area contributed by atoms with E-state index in [0.29, 0.717) is 29.6 Å². The minimum Gasteiger partial charge on any atom is -0.352 e. The fourth-order valence-corrected chi connectivity index (χ4v) is 4.05. The molecule has 2 aromatic heterocycles. The highest BCUT2D eigenvalue weighted by Gasteiger charge is 2.24. The summed E-state index contributed by atoms with van der Waals surface area (Å²) in [7, 11) is 0. The number of nitrogens with zero attached hydrogens (tertiary/aromatic N) is 4. The first kappa shape index (κ1) is 18.5. The molecule has 1 aromatic carbocycles. The first-order chi connectivity index (χ1) is 13.0. The molecule has 6 nitrogen and oxygen atoms in total. The molecule has 3 heterocycles. The zero-order valence-electron chi connectivity index (χ0n) is 14.3. The Morgan fingerprint density at radius 3 is 2.67 bits per heavy atom. The van der Waals surface area contributed by atoms with Crippen LogP contribution in [0.4, 0.5) is 5.82 Å². The van der Waals surface area contributed by atoms with Gasteiger partial charge in [-0.05, 0) is 33.6 Å². The molecule has 27 heavy (non-hydrogen) atoms. The minimum atomic E-state index is 0.0868. The molecule has 140 valence electrons. The van der Waals surface area contributed by atoms with Crippen molar-refractivity contribution in [3.8, 4) is 0 Å². The average Bonchev–Trinajstić information content (AvgIpc) is 3.06. The number of piperazine rings is 1. The number of hydrogen-bond acceptors (Lipinski definition) is 4. The van der Waals surface area contributed by atoms with Gasteiger partial charge in [-0.2, -0.15) is 0 Å². The van der Waals surface area contributed by atoms with Crippen LogP contribution in [0.5, 0.6) is 0 Å². The maximum Gasteiger partial charge on any atom is 0.227 e. The monoisotopic (exact) mass is 467 g/mol. The topological polar surface area (TPSA) is 65.1 Å². The van der Waals surface area contributed by atoms with Gasteiger partial charge in [-0.25, -0.2) is 9.97 Å². The molecule has 0 saturated carbocycles. The van der Waals surface area contributed by atoms with Crippen molar-refractivity contribution in [2.45, 2.75) is 6.42 Å². The van der Waals surface area contributed by atoms with E-state index >= 15 is 0 Å². The summed E-state index contributed by atoms with van der Waals surface area (Å²) in [6.45, 7) is 2.73. The molecule has 0 atom stereocenters. The van der Waals surface area contributed by atoms with Crippen molar-refractivity contribution in [1.29, 1.82) is 0 Å². The Morgan fingerprint density at radius 2 is 1.93 bits per heavy atom. The van der Waals surface area contributed by atoms with E-state index in [9.17, 15) is 4.79 Å². The molecule has 1 N–H and O–H groups in total. The van der Waals surface area contributed by atoms with Gasteiger partial charge in [-0.1, -0.05) is 29.3 Å². The van der Waals surface area contributed by atoms with Crippen molar-refractivity contribution in [2.75, 3.05) is 31.1 Å². The highest BCUT2D eigenvalue weighted by Crippen LogP contribution is 2.30. The van der Waals surface area contributed by atoms with Gasteiger partial charge < -0.3 is 14.8 Å². The van der Waals surface area contributed by atoms with E-state index in [4.69, 9.17) is 23.2 Å². The molecule has 0 spiro atoms. The standard InChI is InChI=1S/C18H16BrCl2N5O/c19-12-9-22-17-16(12)18(24-10-23-17)26-5-3-25(4-6-26)15(27)8-11-1-2-13(20)14(21)7-11/h1-2,7,9-10H,3-6,8H2,(H,22,23,24). The number of anilines is 1. The molecular formula is C18H16BrCl2N5O. The van der Waals surface area contributed by atoms with Crippen LogP contribution in [-0.4, -0.2) is 51.9 Å². The van der Waals surface area contributed by atoms with Gasteiger partial charge in [-0.15, -0.1) is 0 Å². The number of carbonyl (C=O) groups is 1. The van der Waals surface area contributed by atoms with E-state index in [1.54, 1.807) is 18.5 Å². The Morgan fingerprint density at radius 1 is 1.15 bits per heavy atom. The molecule has 1 fully saturated rings. The van der Waals surface area contributed by atoms with E-state index in [0.717, 1.165) is 40.0 Å². The van der Waals surface area contributed by atoms with Crippen LogP contribution in [-0.2, 0) is 11.2 Å². The second-order valence-electron chi connectivity index (χ2n) is 6.35. The second-order valence-corrected chi connectivity index (χ2v) is 8.02. The zero-order chi connectivity index (χ0) is 19.0. The number of halogens is 3. The van der Waals surface area contributed by atoms with Gasteiger partial charge >= 0.3 is 0 Å². The molecule has 0 bridgehead atoms. The number of hydrogen-bond donors (Lipinski definition) is 1. The molecule has 4 rings (SSSR count). The van der Waals surface area contributed by atoms with Gasteiger partial charge in [0.2, 0.25) is 5.91 Å². The van der Waals surface area contributed by atoms with Crippen molar-refractivity contribution in [1.82, 2.24) is 19.9 Å². The fraction of sp³-hybridized carbons (Fsp3) is 0.278. The quantitative estimate of drug-likeness (QED) is 0.632. The van der Waals surface area contributed by atoms with E-state index < -0.39 is 0 Å². The van der Waals surface area contributed by atoms with Crippen molar-refractivity contribution in [3.05, 3.63) is 50.8 Å². The summed E-state index contributed by atoms with van der Waals surface area (Å²) < 4.78 is 0.936.